The second-order valence-corrected chi connectivity index (χ2v) is 4.35. The molecule has 0 bridgehead atoms. The van der Waals surface area contributed by atoms with Gasteiger partial charge in [0.15, 0.2) is 0 Å². The summed E-state index contributed by atoms with van der Waals surface area (Å²) in [6.07, 6.45) is 2.57. The van der Waals surface area contributed by atoms with Gasteiger partial charge in [0.05, 0.1) is 0 Å². The molecule has 0 spiro atoms. The molecular formula is C12H20N4O. The third-order valence-corrected chi connectivity index (χ3v) is 2.30. The van der Waals surface area contributed by atoms with E-state index in [0.717, 1.165) is 6.42 Å². The van der Waals surface area contributed by atoms with E-state index in [4.69, 9.17) is 0 Å². The number of hydrogen-bond acceptors (Lipinski definition) is 4. The quantitative estimate of drug-likeness (QED) is 0.818. The molecule has 5 heteroatoms. The van der Waals surface area contributed by atoms with Gasteiger partial charge in [0, 0.05) is 18.3 Å². The molecule has 2 N–H and O–H groups in total. The van der Waals surface area contributed by atoms with Gasteiger partial charge in [0.1, 0.15) is 5.69 Å². The minimum absolute atomic E-state index is 0.100. The van der Waals surface area contributed by atoms with E-state index in [2.05, 4.69) is 27.5 Å². The molecule has 1 atom stereocenters. The van der Waals surface area contributed by atoms with Crippen LogP contribution in [0.2, 0.25) is 0 Å². The number of anilines is 1. The third kappa shape index (κ3) is 4.38. The van der Waals surface area contributed by atoms with Gasteiger partial charge in [0.2, 0.25) is 5.95 Å². The smallest absolute Gasteiger partial charge is 0.270 e. The molecule has 94 valence electrons. The topological polar surface area (TPSA) is 66.9 Å². The molecule has 0 aliphatic carbocycles. The van der Waals surface area contributed by atoms with Gasteiger partial charge in [-0.25, -0.2) is 9.97 Å². The summed E-state index contributed by atoms with van der Waals surface area (Å²) in [4.78, 5) is 20.0. The van der Waals surface area contributed by atoms with Crippen LogP contribution in [0.1, 0.15) is 44.6 Å². The lowest BCUT2D eigenvalue weighted by atomic mass is 10.3. The number of aromatic nitrogens is 2. The van der Waals surface area contributed by atoms with Crippen LogP contribution in [0.5, 0.6) is 0 Å². The van der Waals surface area contributed by atoms with Crippen molar-refractivity contribution < 1.29 is 4.79 Å². The number of hydrogen-bond donors (Lipinski definition) is 2. The van der Waals surface area contributed by atoms with E-state index in [-0.39, 0.29) is 11.9 Å². The SMILES string of the molecule is CCC(C)Nc1nccc(C(=O)NC(C)C)n1. The van der Waals surface area contributed by atoms with Gasteiger partial charge in [-0.05, 0) is 33.3 Å². The fourth-order valence-corrected chi connectivity index (χ4v) is 1.21. The van der Waals surface area contributed by atoms with Gasteiger partial charge in [-0.15, -0.1) is 0 Å². The lowest BCUT2D eigenvalue weighted by Crippen LogP contribution is -2.31. The summed E-state index contributed by atoms with van der Waals surface area (Å²) in [6, 6.07) is 2.00. The predicted octanol–water partition coefficient (Wildman–Crippen LogP) is 1.83. The highest BCUT2D eigenvalue weighted by atomic mass is 16.1. The van der Waals surface area contributed by atoms with Crippen LogP contribution in [0.15, 0.2) is 12.3 Å². The maximum atomic E-state index is 11.7. The first-order valence-corrected chi connectivity index (χ1v) is 5.93. The Balaban J connectivity index is 2.75. The van der Waals surface area contributed by atoms with Crippen LogP contribution < -0.4 is 10.6 Å². The average Bonchev–Trinajstić information content (AvgIpc) is 2.28. The number of carbonyl (C=O) groups excluding carboxylic acids is 1. The van der Waals surface area contributed by atoms with Crippen molar-refractivity contribution in [3.8, 4) is 0 Å². The molecule has 0 saturated carbocycles. The predicted molar refractivity (Wildman–Crippen MR) is 68.0 cm³/mol. The molecule has 0 fully saturated rings. The summed E-state index contributed by atoms with van der Waals surface area (Å²) < 4.78 is 0. The molecule has 0 aromatic carbocycles. The first kappa shape index (κ1) is 13.4. The Hall–Kier alpha value is -1.65. The van der Waals surface area contributed by atoms with Crippen LogP contribution >= 0.6 is 0 Å². The minimum Gasteiger partial charge on any atom is -0.352 e. The van der Waals surface area contributed by atoms with Crippen molar-refractivity contribution in [1.29, 1.82) is 0 Å². The molecule has 1 rings (SSSR count). The Labute approximate surface area is 102 Å². The largest absolute Gasteiger partial charge is 0.352 e. The molecule has 1 amide bonds. The van der Waals surface area contributed by atoms with Crippen LogP contribution in [-0.2, 0) is 0 Å². The standard InChI is InChI=1S/C12H20N4O/c1-5-9(4)15-12-13-7-6-10(16-12)11(17)14-8(2)3/h6-9H,5H2,1-4H3,(H,14,17)(H,13,15,16). The zero-order valence-electron chi connectivity index (χ0n) is 10.8. The number of nitrogens with zero attached hydrogens (tertiary/aromatic N) is 2. The van der Waals surface area contributed by atoms with Crippen molar-refractivity contribution in [3.63, 3.8) is 0 Å². The van der Waals surface area contributed by atoms with Crippen LogP contribution in [0.3, 0.4) is 0 Å². The minimum atomic E-state index is -0.172. The van der Waals surface area contributed by atoms with Gasteiger partial charge in [-0.2, -0.15) is 0 Å². The molecule has 0 aliphatic rings. The number of amides is 1. The first-order chi connectivity index (χ1) is 8.02. The molecule has 0 aliphatic heterocycles. The molecule has 5 nitrogen and oxygen atoms in total. The van der Waals surface area contributed by atoms with Crippen LogP contribution in [0, 0.1) is 0 Å². The zero-order valence-corrected chi connectivity index (χ0v) is 10.8. The monoisotopic (exact) mass is 236 g/mol. The van der Waals surface area contributed by atoms with Crippen molar-refractivity contribution in [2.45, 2.75) is 46.2 Å². The van der Waals surface area contributed by atoms with E-state index in [1.54, 1.807) is 12.3 Å². The lowest BCUT2D eigenvalue weighted by Gasteiger charge is -2.12. The Kier molecular flexibility index (Phi) is 4.87. The van der Waals surface area contributed by atoms with Crippen molar-refractivity contribution >= 4 is 11.9 Å². The Morgan fingerprint density at radius 2 is 2.12 bits per heavy atom. The molecular weight excluding hydrogens is 216 g/mol. The van der Waals surface area contributed by atoms with Crippen LogP contribution in [-0.4, -0.2) is 28.0 Å². The summed E-state index contributed by atoms with van der Waals surface area (Å²) in [7, 11) is 0. The van der Waals surface area contributed by atoms with Gasteiger partial charge >= 0.3 is 0 Å². The fraction of sp³-hybridized carbons (Fsp3) is 0.583. The number of carbonyl (C=O) groups is 1. The Bertz CT molecular complexity index is 379. The van der Waals surface area contributed by atoms with Gasteiger partial charge in [-0.1, -0.05) is 6.92 Å². The molecule has 17 heavy (non-hydrogen) atoms. The zero-order chi connectivity index (χ0) is 12.8. The summed E-state index contributed by atoms with van der Waals surface area (Å²) in [6.45, 7) is 7.95. The van der Waals surface area contributed by atoms with E-state index < -0.39 is 0 Å². The highest BCUT2D eigenvalue weighted by Gasteiger charge is 2.10. The molecule has 1 aromatic rings. The van der Waals surface area contributed by atoms with E-state index in [0.29, 0.717) is 17.7 Å². The van der Waals surface area contributed by atoms with Crippen molar-refractivity contribution in [3.05, 3.63) is 18.0 Å². The highest BCUT2D eigenvalue weighted by Crippen LogP contribution is 2.04. The molecule has 1 heterocycles. The first-order valence-electron chi connectivity index (χ1n) is 5.93. The Morgan fingerprint density at radius 3 is 2.71 bits per heavy atom. The van der Waals surface area contributed by atoms with Crippen molar-refractivity contribution in [2.24, 2.45) is 0 Å². The fourth-order valence-electron chi connectivity index (χ4n) is 1.21. The third-order valence-electron chi connectivity index (χ3n) is 2.30. The number of nitrogens with one attached hydrogen (secondary N) is 2. The molecule has 0 saturated heterocycles. The van der Waals surface area contributed by atoms with Gasteiger partial charge < -0.3 is 10.6 Å². The summed E-state index contributed by atoms with van der Waals surface area (Å²) in [5.41, 5.74) is 0.388. The van der Waals surface area contributed by atoms with Crippen LogP contribution in [0.4, 0.5) is 5.95 Å². The lowest BCUT2D eigenvalue weighted by molar-refractivity contribution is 0.0938. The highest BCUT2D eigenvalue weighted by molar-refractivity contribution is 5.92. The van der Waals surface area contributed by atoms with Gasteiger partial charge in [0.25, 0.3) is 5.91 Å². The summed E-state index contributed by atoms with van der Waals surface area (Å²) in [5.74, 6) is 0.324. The summed E-state index contributed by atoms with van der Waals surface area (Å²) >= 11 is 0. The van der Waals surface area contributed by atoms with E-state index in [1.165, 1.54) is 0 Å². The van der Waals surface area contributed by atoms with Crippen molar-refractivity contribution in [1.82, 2.24) is 15.3 Å². The van der Waals surface area contributed by atoms with E-state index >= 15 is 0 Å². The van der Waals surface area contributed by atoms with Gasteiger partial charge in [-0.3, -0.25) is 4.79 Å². The van der Waals surface area contributed by atoms with E-state index in [9.17, 15) is 4.79 Å². The van der Waals surface area contributed by atoms with Crippen molar-refractivity contribution in [2.75, 3.05) is 5.32 Å². The Morgan fingerprint density at radius 1 is 1.41 bits per heavy atom. The number of rotatable bonds is 5. The average molecular weight is 236 g/mol. The van der Waals surface area contributed by atoms with E-state index in [1.807, 2.05) is 20.8 Å². The second kappa shape index (κ2) is 6.18. The van der Waals surface area contributed by atoms with Crippen LogP contribution in [0.25, 0.3) is 0 Å². The second-order valence-electron chi connectivity index (χ2n) is 4.35. The maximum Gasteiger partial charge on any atom is 0.270 e. The maximum absolute atomic E-state index is 11.7. The molecule has 1 unspecified atom stereocenters. The molecule has 1 aromatic heterocycles. The molecule has 0 radical (unpaired) electrons. The summed E-state index contributed by atoms with van der Waals surface area (Å²) in [5, 5.41) is 5.93. The normalized spacial score (nSPS) is 12.3.